The highest BCUT2D eigenvalue weighted by Gasteiger charge is 2.49. The number of hydrogen-bond acceptors (Lipinski definition) is 8. The van der Waals surface area contributed by atoms with E-state index in [9.17, 15) is 27.6 Å². The standard InChI is InChI=1S/C18H25F2N5O4S/c1-17(26)11-18(19,20)6-3-14(17)29-15-12(9-21)10-22-16(24-15)23-13-4-7-25(8-5-13)30(2,27)28/h10,13-14,26H,3-8,11H2,1-2H3,(H,22,23,24). The molecule has 1 saturated heterocycles. The Morgan fingerprint density at radius 3 is 2.60 bits per heavy atom. The van der Waals surface area contributed by atoms with Crippen LogP contribution in [0.4, 0.5) is 14.7 Å². The van der Waals surface area contributed by atoms with Crippen molar-refractivity contribution in [3.05, 3.63) is 11.8 Å². The summed E-state index contributed by atoms with van der Waals surface area (Å²) in [4.78, 5) is 8.29. The number of nitrogens with zero attached hydrogens (tertiary/aromatic N) is 4. The minimum absolute atomic E-state index is 0.0283. The highest BCUT2D eigenvalue weighted by atomic mass is 32.2. The summed E-state index contributed by atoms with van der Waals surface area (Å²) in [5.74, 6) is -2.87. The minimum Gasteiger partial charge on any atom is -0.470 e. The fourth-order valence-electron chi connectivity index (χ4n) is 3.82. The first-order valence-corrected chi connectivity index (χ1v) is 11.5. The molecule has 2 aliphatic rings. The lowest BCUT2D eigenvalue weighted by atomic mass is 9.81. The van der Waals surface area contributed by atoms with Crippen LogP contribution in [0.2, 0.25) is 0 Å². The molecular weight excluding hydrogens is 420 g/mol. The average Bonchev–Trinajstić information content (AvgIpc) is 2.63. The van der Waals surface area contributed by atoms with Crippen molar-refractivity contribution >= 4 is 16.0 Å². The number of piperidine rings is 1. The van der Waals surface area contributed by atoms with Gasteiger partial charge in [0.25, 0.3) is 5.92 Å². The highest BCUT2D eigenvalue weighted by Crippen LogP contribution is 2.40. The minimum atomic E-state index is -3.23. The average molecular weight is 445 g/mol. The van der Waals surface area contributed by atoms with E-state index in [0.717, 1.165) is 0 Å². The number of halogens is 2. The third-order valence-corrected chi connectivity index (χ3v) is 6.77. The molecule has 0 amide bonds. The van der Waals surface area contributed by atoms with E-state index in [0.29, 0.717) is 25.9 Å². The molecule has 1 saturated carbocycles. The second kappa shape index (κ2) is 8.20. The summed E-state index contributed by atoms with van der Waals surface area (Å²) in [6, 6.07) is 1.83. The zero-order valence-corrected chi connectivity index (χ0v) is 17.6. The van der Waals surface area contributed by atoms with Crippen molar-refractivity contribution in [3.8, 4) is 11.9 Å². The number of nitrogens with one attached hydrogen (secondary N) is 1. The van der Waals surface area contributed by atoms with E-state index in [2.05, 4.69) is 15.3 Å². The number of nitriles is 1. The lowest BCUT2D eigenvalue weighted by Crippen LogP contribution is -2.51. The molecule has 2 atom stereocenters. The summed E-state index contributed by atoms with van der Waals surface area (Å²) in [6.07, 6.45) is 1.36. The Labute approximate surface area is 174 Å². The summed E-state index contributed by atoms with van der Waals surface area (Å²) in [5.41, 5.74) is -1.74. The molecule has 9 nitrogen and oxygen atoms in total. The molecule has 1 aliphatic carbocycles. The van der Waals surface area contributed by atoms with Crippen molar-refractivity contribution in [3.63, 3.8) is 0 Å². The van der Waals surface area contributed by atoms with Crippen molar-refractivity contribution < 1.29 is 27.0 Å². The maximum atomic E-state index is 13.6. The van der Waals surface area contributed by atoms with Gasteiger partial charge < -0.3 is 15.2 Å². The molecule has 2 heterocycles. The quantitative estimate of drug-likeness (QED) is 0.698. The molecule has 1 aromatic rings. The summed E-state index contributed by atoms with van der Waals surface area (Å²) < 4.78 is 57.6. The zero-order chi connectivity index (χ0) is 22.2. The van der Waals surface area contributed by atoms with Gasteiger partial charge in [-0.05, 0) is 26.2 Å². The van der Waals surface area contributed by atoms with E-state index in [1.165, 1.54) is 23.7 Å². The number of alkyl halides is 2. The molecule has 3 rings (SSSR count). The van der Waals surface area contributed by atoms with Gasteiger partial charge in [-0.2, -0.15) is 10.2 Å². The molecule has 2 N–H and O–H groups in total. The molecule has 30 heavy (non-hydrogen) atoms. The Hall–Kier alpha value is -2.10. The van der Waals surface area contributed by atoms with Crippen LogP contribution >= 0.6 is 0 Å². The Bertz CT molecular complexity index is 927. The molecule has 12 heteroatoms. The Morgan fingerprint density at radius 2 is 2.03 bits per heavy atom. The fourth-order valence-corrected chi connectivity index (χ4v) is 4.69. The van der Waals surface area contributed by atoms with Crippen LogP contribution < -0.4 is 10.1 Å². The Balaban J connectivity index is 1.70. The summed E-state index contributed by atoms with van der Waals surface area (Å²) in [5, 5.41) is 22.8. The van der Waals surface area contributed by atoms with Crippen LogP contribution in [0.15, 0.2) is 6.20 Å². The van der Waals surface area contributed by atoms with E-state index < -0.39 is 40.5 Å². The predicted octanol–water partition coefficient (Wildman–Crippen LogP) is 1.50. The first-order valence-electron chi connectivity index (χ1n) is 9.65. The van der Waals surface area contributed by atoms with Crippen LogP contribution in [0.25, 0.3) is 0 Å². The van der Waals surface area contributed by atoms with Crippen molar-refractivity contribution in [1.82, 2.24) is 14.3 Å². The second-order valence-electron chi connectivity index (χ2n) is 8.14. The SMILES string of the molecule is CC1(O)CC(F)(F)CCC1Oc1nc(NC2CCN(S(C)(=O)=O)CC2)ncc1C#N. The number of hydrogen-bond donors (Lipinski definition) is 2. The van der Waals surface area contributed by atoms with Crippen LogP contribution in [0.1, 0.15) is 44.6 Å². The van der Waals surface area contributed by atoms with Crippen LogP contribution in [-0.2, 0) is 10.0 Å². The molecule has 166 valence electrons. The zero-order valence-electron chi connectivity index (χ0n) is 16.8. The van der Waals surface area contributed by atoms with Gasteiger partial charge >= 0.3 is 0 Å². The number of anilines is 1. The molecule has 1 aromatic heterocycles. The monoisotopic (exact) mass is 445 g/mol. The maximum Gasteiger partial charge on any atom is 0.251 e. The Kier molecular flexibility index (Phi) is 6.18. The molecule has 0 bridgehead atoms. The van der Waals surface area contributed by atoms with E-state index >= 15 is 0 Å². The molecular formula is C18H25F2N5O4S. The second-order valence-corrected chi connectivity index (χ2v) is 10.1. The molecule has 2 fully saturated rings. The molecule has 2 unspecified atom stereocenters. The number of sulfonamides is 1. The number of aliphatic hydroxyl groups is 1. The number of ether oxygens (including phenoxy) is 1. The van der Waals surface area contributed by atoms with Crippen molar-refractivity contribution in [2.75, 3.05) is 24.7 Å². The molecule has 0 spiro atoms. The molecule has 1 aliphatic heterocycles. The smallest absolute Gasteiger partial charge is 0.251 e. The maximum absolute atomic E-state index is 13.6. The fraction of sp³-hybridized carbons (Fsp3) is 0.722. The van der Waals surface area contributed by atoms with Gasteiger partial charge in [-0.15, -0.1) is 0 Å². The molecule has 0 aromatic carbocycles. The van der Waals surface area contributed by atoms with E-state index in [1.54, 1.807) is 0 Å². The van der Waals surface area contributed by atoms with Gasteiger partial charge in [0.15, 0.2) is 0 Å². The third-order valence-electron chi connectivity index (χ3n) is 5.47. The molecule has 0 radical (unpaired) electrons. The normalized spacial score (nSPS) is 27.9. The van der Waals surface area contributed by atoms with Crippen molar-refractivity contribution in [2.24, 2.45) is 0 Å². The first kappa shape index (κ1) is 22.6. The van der Waals surface area contributed by atoms with Gasteiger partial charge in [-0.3, -0.25) is 0 Å². The van der Waals surface area contributed by atoms with E-state index in [-0.39, 0.29) is 29.9 Å². The van der Waals surface area contributed by atoms with Crippen LogP contribution in [0.3, 0.4) is 0 Å². The van der Waals surface area contributed by atoms with Crippen LogP contribution in [0, 0.1) is 11.3 Å². The topological polar surface area (TPSA) is 128 Å². The van der Waals surface area contributed by atoms with E-state index in [4.69, 9.17) is 4.74 Å². The van der Waals surface area contributed by atoms with Crippen molar-refractivity contribution in [2.45, 2.75) is 62.7 Å². The largest absolute Gasteiger partial charge is 0.470 e. The van der Waals surface area contributed by atoms with Gasteiger partial charge in [0.2, 0.25) is 21.9 Å². The first-order chi connectivity index (χ1) is 13.9. The van der Waals surface area contributed by atoms with Crippen molar-refractivity contribution in [1.29, 1.82) is 5.26 Å². The van der Waals surface area contributed by atoms with Crippen LogP contribution in [-0.4, -0.2) is 70.8 Å². The van der Waals surface area contributed by atoms with Gasteiger partial charge in [0, 0.05) is 32.0 Å². The summed E-state index contributed by atoms with van der Waals surface area (Å²) in [6.45, 7) is 2.03. The summed E-state index contributed by atoms with van der Waals surface area (Å²) in [7, 11) is -3.23. The number of rotatable bonds is 5. The van der Waals surface area contributed by atoms with Gasteiger partial charge in [-0.25, -0.2) is 26.5 Å². The number of aromatic nitrogens is 2. The highest BCUT2D eigenvalue weighted by molar-refractivity contribution is 7.88. The van der Waals surface area contributed by atoms with Crippen LogP contribution in [0.5, 0.6) is 5.88 Å². The predicted molar refractivity (Wildman–Crippen MR) is 104 cm³/mol. The Morgan fingerprint density at radius 1 is 1.37 bits per heavy atom. The van der Waals surface area contributed by atoms with Gasteiger partial charge in [0.05, 0.1) is 12.5 Å². The lowest BCUT2D eigenvalue weighted by Gasteiger charge is -2.40. The van der Waals surface area contributed by atoms with E-state index in [1.807, 2.05) is 6.07 Å². The summed E-state index contributed by atoms with van der Waals surface area (Å²) >= 11 is 0. The van der Waals surface area contributed by atoms with Gasteiger partial charge in [-0.1, -0.05) is 0 Å². The third kappa shape index (κ3) is 5.33. The lowest BCUT2D eigenvalue weighted by molar-refractivity contribution is -0.162. The van der Waals surface area contributed by atoms with Gasteiger partial charge in [0.1, 0.15) is 23.3 Å².